The highest BCUT2D eigenvalue weighted by atomic mass is 16.5. The van der Waals surface area contributed by atoms with Crippen LogP contribution >= 0.6 is 0 Å². The van der Waals surface area contributed by atoms with Gasteiger partial charge in [-0.05, 0) is 43.3 Å². The first-order chi connectivity index (χ1) is 14.5. The lowest BCUT2D eigenvalue weighted by Crippen LogP contribution is -2.44. The summed E-state index contributed by atoms with van der Waals surface area (Å²) in [5.74, 6) is 0.767. The van der Waals surface area contributed by atoms with Crippen LogP contribution in [0.2, 0.25) is 0 Å². The van der Waals surface area contributed by atoms with Gasteiger partial charge >= 0.3 is 0 Å². The molecule has 2 atom stereocenters. The number of nitrogens with one attached hydrogen (secondary N) is 3. The third kappa shape index (κ3) is 3.86. The average molecular weight is 408 g/mol. The molecule has 0 saturated carbocycles. The number of hydrogen-bond donors (Lipinski definition) is 3. The molecule has 1 aliphatic rings. The van der Waals surface area contributed by atoms with Crippen molar-refractivity contribution in [2.45, 2.75) is 32.1 Å². The zero-order valence-electron chi connectivity index (χ0n) is 17.9. The van der Waals surface area contributed by atoms with Crippen LogP contribution in [0.3, 0.4) is 0 Å². The molecule has 7 heteroatoms. The van der Waals surface area contributed by atoms with E-state index in [9.17, 15) is 4.79 Å². The van der Waals surface area contributed by atoms with Crippen LogP contribution in [0.4, 0.5) is 5.69 Å². The van der Waals surface area contributed by atoms with Gasteiger partial charge in [-0.2, -0.15) is 0 Å². The second-order valence-corrected chi connectivity index (χ2v) is 7.79. The van der Waals surface area contributed by atoms with Crippen molar-refractivity contribution >= 4 is 22.5 Å². The highest BCUT2D eigenvalue weighted by molar-refractivity contribution is 5.95. The molecule has 7 nitrogen and oxygen atoms in total. The van der Waals surface area contributed by atoms with E-state index in [-0.39, 0.29) is 18.1 Å². The number of fused-ring (bicyclic) bond motifs is 1. The lowest BCUT2D eigenvalue weighted by Gasteiger charge is -2.16. The molecule has 0 bridgehead atoms. The summed E-state index contributed by atoms with van der Waals surface area (Å²) in [5.41, 5.74) is 10.6. The number of ether oxygens (including phenoxy) is 1. The van der Waals surface area contributed by atoms with Crippen molar-refractivity contribution in [1.82, 2.24) is 20.7 Å². The zero-order valence-corrected chi connectivity index (χ0v) is 17.9. The minimum Gasteiger partial charge on any atom is -0.497 e. The van der Waals surface area contributed by atoms with E-state index >= 15 is 0 Å². The smallest absolute Gasteiger partial charge is 0.252 e. The standard InChI is InChI=1S/C23H29N5O2/c1-5-28-20-13-18(30-4)10-9-15(20)12-21(28)19-14-22(26-25-19)24-23(29)16-7-6-8-17(11-16)27(2)3/h6-13,19,22,25-26H,5,14H2,1-4H3,(H,24,29). The Kier molecular flexibility index (Phi) is 5.65. The van der Waals surface area contributed by atoms with Gasteiger partial charge in [0, 0.05) is 55.5 Å². The molecule has 2 unspecified atom stereocenters. The van der Waals surface area contributed by atoms with Gasteiger partial charge in [0.05, 0.1) is 24.8 Å². The first-order valence-electron chi connectivity index (χ1n) is 10.3. The number of amides is 1. The molecule has 3 N–H and O–H groups in total. The molecule has 1 aromatic heterocycles. The monoisotopic (exact) mass is 407 g/mol. The molecule has 2 aromatic carbocycles. The molecule has 3 aromatic rings. The van der Waals surface area contributed by atoms with Crippen molar-refractivity contribution in [3.05, 3.63) is 59.8 Å². The molecule has 1 aliphatic heterocycles. The van der Waals surface area contributed by atoms with Crippen LogP contribution in [0.1, 0.15) is 35.4 Å². The Labute approximate surface area is 177 Å². The first-order valence-corrected chi connectivity index (χ1v) is 10.3. The van der Waals surface area contributed by atoms with Crippen LogP contribution < -0.4 is 25.8 Å². The van der Waals surface area contributed by atoms with Gasteiger partial charge < -0.3 is 19.5 Å². The van der Waals surface area contributed by atoms with Crippen LogP contribution in [0, 0.1) is 0 Å². The van der Waals surface area contributed by atoms with E-state index in [0.29, 0.717) is 5.56 Å². The fourth-order valence-corrected chi connectivity index (χ4v) is 4.04. The normalized spacial score (nSPS) is 18.5. The van der Waals surface area contributed by atoms with Gasteiger partial charge in [-0.1, -0.05) is 6.07 Å². The van der Waals surface area contributed by atoms with Crippen molar-refractivity contribution in [2.24, 2.45) is 0 Å². The van der Waals surface area contributed by atoms with E-state index in [2.05, 4.69) is 45.9 Å². The van der Waals surface area contributed by atoms with Gasteiger partial charge in [0.25, 0.3) is 5.91 Å². The third-order valence-electron chi connectivity index (χ3n) is 5.65. The van der Waals surface area contributed by atoms with Crippen LogP contribution in [-0.4, -0.2) is 37.8 Å². The molecule has 1 amide bonds. The van der Waals surface area contributed by atoms with Crippen molar-refractivity contribution in [2.75, 3.05) is 26.1 Å². The number of aryl methyl sites for hydroxylation is 1. The highest BCUT2D eigenvalue weighted by Crippen LogP contribution is 2.30. The summed E-state index contributed by atoms with van der Waals surface area (Å²) >= 11 is 0. The number of hydrogen-bond acceptors (Lipinski definition) is 5. The fourth-order valence-electron chi connectivity index (χ4n) is 4.04. The molecule has 2 heterocycles. The maximum Gasteiger partial charge on any atom is 0.252 e. The first kappa shape index (κ1) is 20.3. The number of methoxy groups -OCH3 is 1. The van der Waals surface area contributed by atoms with Gasteiger partial charge in [-0.15, -0.1) is 0 Å². The van der Waals surface area contributed by atoms with E-state index in [1.165, 1.54) is 11.1 Å². The number of nitrogens with zero attached hydrogens (tertiary/aromatic N) is 2. The number of hydrazine groups is 1. The number of benzene rings is 2. The molecular weight excluding hydrogens is 378 g/mol. The van der Waals surface area contributed by atoms with Gasteiger partial charge in [-0.3, -0.25) is 4.79 Å². The molecule has 158 valence electrons. The largest absolute Gasteiger partial charge is 0.497 e. The van der Waals surface area contributed by atoms with Gasteiger partial charge in [0.1, 0.15) is 5.75 Å². The molecular formula is C23H29N5O2. The summed E-state index contributed by atoms with van der Waals surface area (Å²) in [6, 6.07) is 16.1. The van der Waals surface area contributed by atoms with Gasteiger partial charge in [0.15, 0.2) is 0 Å². The maximum absolute atomic E-state index is 12.7. The number of carbonyl (C=O) groups excluding carboxylic acids is 1. The molecule has 0 radical (unpaired) electrons. The maximum atomic E-state index is 12.7. The number of aromatic nitrogens is 1. The fraction of sp³-hybridized carbons (Fsp3) is 0.348. The lowest BCUT2D eigenvalue weighted by atomic mass is 10.1. The van der Waals surface area contributed by atoms with Crippen LogP contribution in [0.25, 0.3) is 10.9 Å². The predicted octanol–water partition coefficient (Wildman–Crippen LogP) is 3.03. The summed E-state index contributed by atoms with van der Waals surface area (Å²) in [4.78, 5) is 14.7. The van der Waals surface area contributed by atoms with E-state index in [1.54, 1.807) is 7.11 Å². The summed E-state index contributed by atoms with van der Waals surface area (Å²) < 4.78 is 7.68. The van der Waals surface area contributed by atoms with Crippen molar-refractivity contribution in [3.8, 4) is 5.75 Å². The number of anilines is 1. The molecule has 30 heavy (non-hydrogen) atoms. The van der Waals surface area contributed by atoms with E-state index in [4.69, 9.17) is 4.74 Å². The van der Waals surface area contributed by atoms with Crippen molar-refractivity contribution in [3.63, 3.8) is 0 Å². The molecule has 0 aliphatic carbocycles. The quantitative estimate of drug-likeness (QED) is 0.586. The van der Waals surface area contributed by atoms with Crippen LogP contribution in [0.5, 0.6) is 5.75 Å². The summed E-state index contributed by atoms with van der Waals surface area (Å²) in [6.07, 6.45) is 0.607. The number of rotatable bonds is 6. The summed E-state index contributed by atoms with van der Waals surface area (Å²) in [5, 5.41) is 4.27. The Hall–Kier alpha value is -3.03. The van der Waals surface area contributed by atoms with E-state index in [1.807, 2.05) is 49.3 Å². The Balaban J connectivity index is 1.49. The topological polar surface area (TPSA) is 70.6 Å². The summed E-state index contributed by atoms with van der Waals surface area (Å²) in [6.45, 7) is 3.00. The molecule has 1 saturated heterocycles. The lowest BCUT2D eigenvalue weighted by molar-refractivity contribution is 0.0932. The van der Waals surface area contributed by atoms with Crippen molar-refractivity contribution < 1.29 is 9.53 Å². The predicted molar refractivity (Wildman–Crippen MR) is 120 cm³/mol. The van der Waals surface area contributed by atoms with E-state index < -0.39 is 0 Å². The van der Waals surface area contributed by atoms with Gasteiger partial charge in [-0.25, -0.2) is 10.9 Å². The average Bonchev–Trinajstić information content (AvgIpc) is 3.37. The number of carbonyl (C=O) groups is 1. The van der Waals surface area contributed by atoms with Crippen LogP contribution in [-0.2, 0) is 6.54 Å². The Bertz CT molecular complexity index is 1060. The molecule has 1 fully saturated rings. The van der Waals surface area contributed by atoms with Crippen LogP contribution in [0.15, 0.2) is 48.5 Å². The second kappa shape index (κ2) is 8.38. The second-order valence-electron chi connectivity index (χ2n) is 7.79. The zero-order chi connectivity index (χ0) is 21.3. The third-order valence-corrected chi connectivity index (χ3v) is 5.65. The molecule has 0 spiro atoms. The Morgan fingerprint density at radius 2 is 2.03 bits per heavy atom. The highest BCUT2D eigenvalue weighted by Gasteiger charge is 2.29. The van der Waals surface area contributed by atoms with E-state index in [0.717, 1.165) is 29.9 Å². The SMILES string of the molecule is CCn1c(C2CC(NC(=O)c3cccc(N(C)C)c3)NN2)cc2ccc(OC)cc21. The minimum absolute atomic E-state index is 0.0839. The van der Waals surface area contributed by atoms with Crippen molar-refractivity contribution in [1.29, 1.82) is 0 Å². The molecule has 4 rings (SSSR count). The minimum atomic E-state index is -0.150. The Morgan fingerprint density at radius 3 is 2.77 bits per heavy atom. The van der Waals surface area contributed by atoms with Gasteiger partial charge in [0.2, 0.25) is 0 Å². The summed E-state index contributed by atoms with van der Waals surface area (Å²) in [7, 11) is 5.62. The Morgan fingerprint density at radius 1 is 1.20 bits per heavy atom.